The largest absolute Gasteiger partial charge is 0.434 e. The minimum absolute atomic E-state index is 0.0698. The van der Waals surface area contributed by atoms with Crippen LogP contribution in [0.4, 0.5) is 5.82 Å². The van der Waals surface area contributed by atoms with Gasteiger partial charge in [0.2, 0.25) is 9.84 Å². The zero-order valence-corrected chi connectivity index (χ0v) is 6.05. The maximum absolute atomic E-state index is 10.6. The lowest BCUT2D eigenvalue weighted by Gasteiger charge is -1.84. The maximum Gasteiger partial charge on any atom is 0.316 e. The molecule has 1 rings (SSSR count). The molecule has 1 aromatic heterocycles. The van der Waals surface area contributed by atoms with Crippen molar-refractivity contribution >= 4 is 15.7 Å². The number of nitrogens with two attached hydrogens (primary N) is 1. The highest BCUT2D eigenvalue weighted by Crippen LogP contribution is 2.08. The van der Waals surface area contributed by atoms with E-state index in [1.165, 1.54) is 0 Å². The Morgan fingerprint density at radius 2 is 2.30 bits per heavy atom. The van der Waals surface area contributed by atoms with Gasteiger partial charge >= 0.3 is 5.22 Å². The molecule has 56 valence electrons. The number of hydrogen-bond donors (Lipinski definition) is 1. The third kappa shape index (κ3) is 1.27. The van der Waals surface area contributed by atoms with Crippen LogP contribution in [0.1, 0.15) is 0 Å². The summed E-state index contributed by atoms with van der Waals surface area (Å²) < 4.78 is 25.8. The summed E-state index contributed by atoms with van der Waals surface area (Å²) in [5, 5.41) is -0.343. The van der Waals surface area contributed by atoms with Crippen molar-refractivity contribution in [3.05, 3.63) is 6.26 Å². The van der Waals surface area contributed by atoms with Gasteiger partial charge in [-0.25, -0.2) is 8.42 Å². The summed E-state index contributed by atoms with van der Waals surface area (Å²) in [5.41, 5.74) is 5.11. The Morgan fingerprint density at radius 1 is 1.70 bits per heavy atom. The second-order valence-electron chi connectivity index (χ2n) is 1.81. The van der Waals surface area contributed by atoms with Crippen molar-refractivity contribution in [1.29, 1.82) is 0 Å². The quantitative estimate of drug-likeness (QED) is 0.610. The van der Waals surface area contributed by atoms with Crippen molar-refractivity contribution in [1.82, 2.24) is 4.98 Å². The predicted molar refractivity (Wildman–Crippen MR) is 34.0 cm³/mol. The van der Waals surface area contributed by atoms with Crippen molar-refractivity contribution < 1.29 is 12.8 Å². The highest BCUT2D eigenvalue weighted by Gasteiger charge is 2.12. The molecule has 0 unspecified atom stereocenters. The Labute approximate surface area is 57.8 Å². The van der Waals surface area contributed by atoms with Crippen LogP contribution < -0.4 is 5.73 Å². The summed E-state index contributed by atoms with van der Waals surface area (Å²) in [7, 11) is -3.34. The van der Waals surface area contributed by atoms with E-state index in [0.717, 1.165) is 12.5 Å². The predicted octanol–water partition coefficient (Wildman–Crippen LogP) is -0.340. The number of hydrogen-bond acceptors (Lipinski definition) is 5. The monoisotopic (exact) mass is 162 g/mol. The van der Waals surface area contributed by atoms with E-state index < -0.39 is 9.84 Å². The van der Waals surface area contributed by atoms with Gasteiger partial charge in [0.25, 0.3) is 0 Å². The number of anilines is 1. The number of nitrogen functional groups attached to an aromatic ring is 1. The lowest BCUT2D eigenvalue weighted by Crippen LogP contribution is -1.97. The first-order valence-corrected chi connectivity index (χ1v) is 4.30. The number of oxazole rings is 1. The first kappa shape index (κ1) is 7.07. The fraction of sp³-hybridized carbons (Fsp3) is 0.250. The highest BCUT2D eigenvalue weighted by atomic mass is 32.2. The molecule has 5 nitrogen and oxygen atoms in total. The van der Waals surface area contributed by atoms with Crippen molar-refractivity contribution in [2.24, 2.45) is 0 Å². The zero-order chi connectivity index (χ0) is 7.78. The number of nitrogens with zero attached hydrogens (tertiary/aromatic N) is 1. The van der Waals surface area contributed by atoms with Gasteiger partial charge in [0.05, 0.1) is 0 Å². The average Bonchev–Trinajstić information content (AvgIpc) is 2.11. The summed E-state index contributed by atoms with van der Waals surface area (Å²) in [6.45, 7) is 0. The fourth-order valence-corrected chi connectivity index (χ4v) is 0.933. The van der Waals surface area contributed by atoms with E-state index >= 15 is 0 Å². The topological polar surface area (TPSA) is 86.2 Å². The van der Waals surface area contributed by atoms with E-state index in [-0.39, 0.29) is 11.0 Å². The third-order valence-corrected chi connectivity index (χ3v) is 1.64. The molecule has 0 saturated carbocycles. The van der Waals surface area contributed by atoms with Crippen LogP contribution in [0.25, 0.3) is 0 Å². The van der Waals surface area contributed by atoms with Crippen LogP contribution in [-0.2, 0) is 9.84 Å². The average molecular weight is 162 g/mol. The fourth-order valence-electron chi connectivity index (χ4n) is 0.439. The summed E-state index contributed by atoms with van der Waals surface area (Å²) in [6, 6.07) is 0. The Morgan fingerprint density at radius 3 is 2.50 bits per heavy atom. The minimum Gasteiger partial charge on any atom is -0.434 e. The highest BCUT2D eigenvalue weighted by molar-refractivity contribution is 7.90. The van der Waals surface area contributed by atoms with Gasteiger partial charge in [0, 0.05) is 6.26 Å². The molecule has 0 radical (unpaired) electrons. The normalized spacial score (nSPS) is 11.7. The first-order valence-electron chi connectivity index (χ1n) is 2.41. The number of aromatic nitrogens is 1. The molecule has 6 heteroatoms. The number of rotatable bonds is 1. The first-order chi connectivity index (χ1) is 4.50. The molecule has 0 atom stereocenters. The van der Waals surface area contributed by atoms with Crippen molar-refractivity contribution in [2.75, 3.05) is 12.0 Å². The lowest BCUT2D eigenvalue weighted by atomic mass is 10.8. The molecule has 0 aliphatic heterocycles. The second kappa shape index (κ2) is 1.98. The van der Waals surface area contributed by atoms with E-state index in [0.29, 0.717) is 0 Å². The van der Waals surface area contributed by atoms with Crippen LogP contribution in [0.3, 0.4) is 0 Å². The molecular formula is C4H6N2O3S. The van der Waals surface area contributed by atoms with Gasteiger partial charge in [-0.05, 0) is 0 Å². The molecule has 2 N–H and O–H groups in total. The van der Waals surface area contributed by atoms with Crippen LogP contribution in [0, 0.1) is 0 Å². The van der Waals surface area contributed by atoms with E-state index in [4.69, 9.17) is 5.73 Å². The van der Waals surface area contributed by atoms with Crippen molar-refractivity contribution in [3.63, 3.8) is 0 Å². The van der Waals surface area contributed by atoms with E-state index in [9.17, 15) is 8.42 Å². The van der Waals surface area contributed by atoms with Gasteiger partial charge in [0.1, 0.15) is 6.26 Å². The van der Waals surface area contributed by atoms with Gasteiger partial charge in [-0.15, -0.1) is 0 Å². The number of sulfone groups is 1. The van der Waals surface area contributed by atoms with Crippen molar-refractivity contribution in [2.45, 2.75) is 5.22 Å². The molecule has 1 heterocycles. The summed E-state index contributed by atoms with van der Waals surface area (Å²) >= 11 is 0. The van der Waals surface area contributed by atoms with Crippen LogP contribution in [0.15, 0.2) is 15.9 Å². The molecule has 0 bridgehead atoms. The molecule has 1 aromatic rings. The molecule has 0 aliphatic rings. The smallest absolute Gasteiger partial charge is 0.316 e. The third-order valence-electron chi connectivity index (χ3n) is 0.818. The molecule has 0 saturated heterocycles. The van der Waals surface area contributed by atoms with Crippen LogP contribution in [0.2, 0.25) is 0 Å². The second-order valence-corrected chi connectivity index (χ2v) is 3.70. The molecule has 0 aromatic carbocycles. The standard InChI is InChI=1S/C4H6N2O3S/c1-10(7,8)4-6-3(5)2-9-4/h2H,5H2,1H3. The molecule has 0 amide bonds. The molecule has 0 fully saturated rings. The SMILES string of the molecule is CS(=O)(=O)c1nc(N)co1. The van der Waals surface area contributed by atoms with Crippen molar-refractivity contribution in [3.8, 4) is 0 Å². The molecule has 10 heavy (non-hydrogen) atoms. The van der Waals surface area contributed by atoms with Gasteiger partial charge in [0.15, 0.2) is 5.82 Å². The van der Waals surface area contributed by atoms with Crippen LogP contribution in [-0.4, -0.2) is 19.7 Å². The summed E-state index contributed by atoms with van der Waals surface area (Å²) in [4.78, 5) is 3.41. The molecular weight excluding hydrogens is 156 g/mol. The Balaban J connectivity index is 3.21. The molecule has 0 spiro atoms. The molecule has 0 aliphatic carbocycles. The van der Waals surface area contributed by atoms with Gasteiger partial charge in [-0.2, -0.15) is 4.98 Å². The lowest BCUT2D eigenvalue weighted by molar-refractivity contribution is 0.432. The van der Waals surface area contributed by atoms with E-state index in [1.807, 2.05) is 0 Å². The van der Waals surface area contributed by atoms with E-state index in [1.54, 1.807) is 0 Å². The minimum atomic E-state index is -3.34. The van der Waals surface area contributed by atoms with Gasteiger partial charge in [-0.1, -0.05) is 0 Å². The van der Waals surface area contributed by atoms with Gasteiger partial charge < -0.3 is 10.2 Å². The maximum atomic E-state index is 10.6. The summed E-state index contributed by atoms with van der Waals surface area (Å²) in [5.74, 6) is 0.0698. The Kier molecular flexibility index (Phi) is 1.40. The Bertz CT molecular complexity index is 326. The Hall–Kier alpha value is -1.04. The zero-order valence-electron chi connectivity index (χ0n) is 5.23. The van der Waals surface area contributed by atoms with Gasteiger partial charge in [-0.3, -0.25) is 0 Å². The van der Waals surface area contributed by atoms with Crippen LogP contribution in [0.5, 0.6) is 0 Å². The summed E-state index contributed by atoms with van der Waals surface area (Å²) in [6.07, 6.45) is 2.08. The van der Waals surface area contributed by atoms with E-state index in [2.05, 4.69) is 9.40 Å². The van der Waals surface area contributed by atoms with Crippen LogP contribution >= 0.6 is 0 Å².